The second kappa shape index (κ2) is 7.65. The van der Waals surface area contributed by atoms with Gasteiger partial charge in [0.25, 0.3) is 11.6 Å². The molecule has 0 atom stereocenters. The Labute approximate surface area is 122 Å². The Hall–Kier alpha value is -2.88. The average Bonchev–Trinajstić information content (AvgIpc) is 2.45. The van der Waals surface area contributed by atoms with Gasteiger partial charge in [-0.15, -0.1) is 0 Å². The minimum atomic E-state index is -0.541. The van der Waals surface area contributed by atoms with E-state index in [0.29, 0.717) is 6.54 Å². The van der Waals surface area contributed by atoms with Gasteiger partial charge in [-0.25, -0.2) is 0 Å². The maximum atomic E-state index is 11.7. The molecule has 0 radical (unpaired) electrons. The molecule has 0 saturated heterocycles. The van der Waals surface area contributed by atoms with Crippen LogP contribution in [0, 0.1) is 27.4 Å². The van der Waals surface area contributed by atoms with Gasteiger partial charge in [-0.1, -0.05) is 26.0 Å². The summed E-state index contributed by atoms with van der Waals surface area (Å²) in [4.78, 5) is 22.1. The number of nitro groups is 1. The lowest BCUT2D eigenvalue weighted by Gasteiger charge is -2.07. The van der Waals surface area contributed by atoms with Crippen molar-refractivity contribution in [1.29, 1.82) is 5.26 Å². The van der Waals surface area contributed by atoms with Gasteiger partial charge in [0.05, 0.1) is 4.92 Å². The topological polar surface area (TPSA) is 108 Å². The minimum absolute atomic E-state index is 0.131. The van der Waals surface area contributed by atoms with Crippen LogP contribution in [0.25, 0.3) is 0 Å². The number of hydrogen-bond donors (Lipinski definition) is 2. The first-order valence-corrected chi connectivity index (χ1v) is 6.34. The Morgan fingerprint density at radius 1 is 1.48 bits per heavy atom. The molecule has 1 aromatic carbocycles. The first-order valence-electron chi connectivity index (χ1n) is 6.34. The summed E-state index contributed by atoms with van der Waals surface area (Å²) in [6, 6.07) is 7.75. The summed E-state index contributed by atoms with van der Waals surface area (Å²) in [5, 5.41) is 25.0. The molecule has 0 heterocycles. The molecule has 0 spiro atoms. The van der Waals surface area contributed by atoms with Crippen molar-refractivity contribution < 1.29 is 9.72 Å². The summed E-state index contributed by atoms with van der Waals surface area (Å²) in [5.41, 5.74) is -0.0608. The molecule has 0 saturated carbocycles. The zero-order valence-electron chi connectivity index (χ0n) is 11.8. The molecule has 0 aliphatic heterocycles. The molecule has 110 valence electrons. The lowest BCUT2D eigenvalue weighted by atomic mass is 10.2. The third-order valence-electron chi connectivity index (χ3n) is 2.51. The number of carbonyl (C=O) groups is 1. The number of nitrogens with one attached hydrogen (secondary N) is 2. The Balaban J connectivity index is 2.85. The normalized spacial score (nSPS) is 10.9. The summed E-state index contributed by atoms with van der Waals surface area (Å²) < 4.78 is 0. The number of amides is 1. The number of nitriles is 1. The highest BCUT2D eigenvalue weighted by atomic mass is 16.6. The third kappa shape index (κ3) is 4.95. The molecule has 21 heavy (non-hydrogen) atoms. The van der Waals surface area contributed by atoms with E-state index in [2.05, 4.69) is 10.6 Å². The lowest BCUT2D eigenvalue weighted by Crippen LogP contribution is -2.28. The van der Waals surface area contributed by atoms with Gasteiger partial charge in [0, 0.05) is 18.8 Å². The van der Waals surface area contributed by atoms with Crippen LogP contribution in [0.3, 0.4) is 0 Å². The van der Waals surface area contributed by atoms with Crippen LogP contribution >= 0.6 is 0 Å². The molecule has 0 fully saturated rings. The largest absolute Gasteiger partial charge is 0.355 e. The molecule has 0 aromatic heterocycles. The van der Waals surface area contributed by atoms with Gasteiger partial charge in [-0.2, -0.15) is 5.26 Å². The Kier molecular flexibility index (Phi) is 5.89. The van der Waals surface area contributed by atoms with E-state index in [-0.39, 0.29) is 22.9 Å². The predicted octanol–water partition coefficient (Wildman–Crippen LogP) is 2.19. The fourth-order valence-corrected chi connectivity index (χ4v) is 1.45. The molecule has 1 amide bonds. The fraction of sp³-hybridized carbons (Fsp3) is 0.286. The molecular formula is C14H16N4O3. The molecule has 1 aromatic rings. The van der Waals surface area contributed by atoms with E-state index in [1.165, 1.54) is 18.2 Å². The summed E-state index contributed by atoms with van der Waals surface area (Å²) in [6.07, 6.45) is 1.16. The van der Waals surface area contributed by atoms with Crippen molar-refractivity contribution in [1.82, 2.24) is 5.32 Å². The van der Waals surface area contributed by atoms with Crippen LogP contribution in [-0.4, -0.2) is 17.4 Å². The SMILES string of the molecule is CC(C)CNC(=O)/C(C#N)=C\Nc1ccccc1[N+](=O)[O-]. The molecule has 0 unspecified atom stereocenters. The van der Waals surface area contributed by atoms with Gasteiger partial charge in [0.1, 0.15) is 17.3 Å². The zero-order valence-corrected chi connectivity index (χ0v) is 11.8. The number of carbonyl (C=O) groups excluding carboxylic acids is 1. The van der Waals surface area contributed by atoms with E-state index in [1.54, 1.807) is 12.1 Å². The van der Waals surface area contributed by atoms with Gasteiger partial charge < -0.3 is 10.6 Å². The van der Waals surface area contributed by atoms with E-state index in [4.69, 9.17) is 5.26 Å². The number of nitro benzene ring substituents is 1. The number of para-hydroxylation sites is 2. The maximum absolute atomic E-state index is 11.7. The van der Waals surface area contributed by atoms with Crippen molar-refractivity contribution in [2.75, 3.05) is 11.9 Å². The van der Waals surface area contributed by atoms with Crippen LogP contribution in [0.1, 0.15) is 13.8 Å². The Morgan fingerprint density at radius 2 is 2.14 bits per heavy atom. The van der Waals surface area contributed by atoms with E-state index >= 15 is 0 Å². The molecule has 7 heteroatoms. The van der Waals surface area contributed by atoms with Crippen molar-refractivity contribution >= 4 is 17.3 Å². The first kappa shape index (κ1) is 16.2. The van der Waals surface area contributed by atoms with Crippen molar-refractivity contribution in [2.24, 2.45) is 5.92 Å². The van der Waals surface area contributed by atoms with Crippen LogP contribution < -0.4 is 10.6 Å². The Bertz CT molecular complexity index is 602. The van der Waals surface area contributed by atoms with Gasteiger partial charge in [0.2, 0.25) is 0 Å². The van der Waals surface area contributed by atoms with Gasteiger partial charge in [-0.3, -0.25) is 14.9 Å². The summed E-state index contributed by atoms with van der Waals surface area (Å²) >= 11 is 0. The highest BCUT2D eigenvalue weighted by Crippen LogP contribution is 2.23. The molecular weight excluding hydrogens is 272 g/mol. The number of hydrogen-bond acceptors (Lipinski definition) is 5. The van der Waals surface area contributed by atoms with E-state index in [0.717, 1.165) is 6.20 Å². The van der Waals surface area contributed by atoms with Crippen molar-refractivity contribution in [3.8, 4) is 6.07 Å². The second-order valence-corrected chi connectivity index (χ2v) is 4.69. The number of nitrogens with zero attached hydrogens (tertiary/aromatic N) is 2. The van der Waals surface area contributed by atoms with Gasteiger partial charge in [-0.05, 0) is 12.0 Å². The molecule has 2 N–H and O–H groups in total. The van der Waals surface area contributed by atoms with Crippen molar-refractivity contribution in [3.63, 3.8) is 0 Å². The minimum Gasteiger partial charge on any atom is -0.355 e. The molecule has 0 aliphatic rings. The van der Waals surface area contributed by atoms with Gasteiger partial charge >= 0.3 is 0 Å². The number of benzene rings is 1. The Morgan fingerprint density at radius 3 is 2.71 bits per heavy atom. The smallest absolute Gasteiger partial charge is 0.292 e. The highest BCUT2D eigenvalue weighted by Gasteiger charge is 2.13. The third-order valence-corrected chi connectivity index (χ3v) is 2.51. The van der Waals surface area contributed by atoms with Crippen LogP contribution in [0.15, 0.2) is 36.0 Å². The first-order chi connectivity index (χ1) is 9.95. The summed E-state index contributed by atoms with van der Waals surface area (Å²) in [5.74, 6) is -0.255. The maximum Gasteiger partial charge on any atom is 0.292 e. The van der Waals surface area contributed by atoms with E-state index < -0.39 is 10.8 Å². The quantitative estimate of drug-likeness (QED) is 0.361. The molecule has 7 nitrogen and oxygen atoms in total. The van der Waals surface area contributed by atoms with Crippen molar-refractivity contribution in [2.45, 2.75) is 13.8 Å². The van der Waals surface area contributed by atoms with Crippen LogP contribution in [0.4, 0.5) is 11.4 Å². The average molecular weight is 288 g/mol. The second-order valence-electron chi connectivity index (χ2n) is 4.69. The monoisotopic (exact) mass is 288 g/mol. The summed E-state index contributed by atoms with van der Waals surface area (Å²) in [7, 11) is 0. The van der Waals surface area contributed by atoms with E-state index in [9.17, 15) is 14.9 Å². The molecule has 1 rings (SSSR count). The fourth-order valence-electron chi connectivity index (χ4n) is 1.45. The van der Waals surface area contributed by atoms with Crippen molar-refractivity contribution in [3.05, 3.63) is 46.2 Å². The highest BCUT2D eigenvalue weighted by molar-refractivity contribution is 5.97. The van der Waals surface area contributed by atoms with E-state index in [1.807, 2.05) is 13.8 Å². The zero-order chi connectivity index (χ0) is 15.8. The number of rotatable bonds is 6. The van der Waals surface area contributed by atoms with Crippen LogP contribution in [0.2, 0.25) is 0 Å². The molecule has 0 bridgehead atoms. The van der Waals surface area contributed by atoms with Crippen LogP contribution in [-0.2, 0) is 4.79 Å². The van der Waals surface area contributed by atoms with Gasteiger partial charge in [0.15, 0.2) is 0 Å². The number of anilines is 1. The van der Waals surface area contributed by atoms with Crippen LogP contribution in [0.5, 0.6) is 0 Å². The lowest BCUT2D eigenvalue weighted by molar-refractivity contribution is -0.383. The summed E-state index contributed by atoms with van der Waals surface area (Å²) in [6.45, 7) is 4.31. The molecule has 0 aliphatic carbocycles. The predicted molar refractivity (Wildman–Crippen MR) is 78.3 cm³/mol. The standard InChI is InChI=1S/C14H16N4O3/c1-10(2)8-17-14(19)11(7-15)9-16-12-5-3-4-6-13(12)18(20)21/h3-6,9-10,16H,8H2,1-2H3,(H,17,19)/b11-9-.